The number of thioether (sulfide) groups is 1. The Labute approximate surface area is 169 Å². The van der Waals surface area contributed by atoms with E-state index < -0.39 is 10.0 Å². The molecule has 8 nitrogen and oxygen atoms in total. The normalized spacial score (nSPS) is 14.6. The fourth-order valence-electron chi connectivity index (χ4n) is 3.14. The van der Waals surface area contributed by atoms with Crippen molar-refractivity contribution >= 4 is 43.9 Å². The molecule has 0 atom stereocenters. The molecule has 0 radical (unpaired) electrons. The number of nitrogens with one attached hydrogen (secondary N) is 1. The first-order chi connectivity index (χ1) is 13.4. The third kappa shape index (κ3) is 4.23. The molecule has 0 fully saturated rings. The molecule has 3 rings (SSSR count). The van der Waals surface area contributed by atoms with E-state index in [1.54, 1.807) is 30.0 Å². The van der Waals surface area contributed by atoms with Crippen molar-refractivity contribution in [1.82, 2.24) is 19.2 Å². The Bertz CT molecular complexity index is 1010. The largest absolute Gasteiger partial charge is 0.331 e. The molecule has 2 aromatic rings. The van der Waals surface area contributed by atoms with Gasteiger partial charge in [0.25, 0.3) is 0 Å². The van der Waals surface area contributed by atoms with Gasteiger partial charge in [-0.15, -0.1) is 0 Å². The highest BCUT2D eigenvalue weighted by Gasteiger charge is 2.23. The minimum absolute atomic E-state index is 0.0926. The average Bonchev–Trinajstić information content (AvgIpc) is 3.28. The first kappa shape index (κ1) is 20.8. The summed E-state index contributed by atoms with van der Waals surface area (Å²) in [6.07, 6.45) is 0.758. The Morgan fingerprint density at radius 2 is 2.07 bits per heavy atom. The molecule has 2 heterocycles. The van der Waals surface area contributed by atoms with Gasteiger partial charge in [-0.05, 0) is 18.2 Å². The number of nitrogens with zero attached hydrogens (tertiary/aromatic N) is 4. The predicted molar refractivity (Wildman–Crippen MR) is 112 cm³/mol. The molecule has 0 bridgehead atoms. The SMILES string of the molecule is CCN(CC)S(=O)(=O)c1ccc2c(c1)nc(CCC(=O)NC1=NCCS1)n2C. The monoisotopic (exact) mass is 423 g/mol. The summed E-state index contributed by atoms with van der Waals surface area (Å²) in [5.41, 5.74) is 1.45. The maximum Gasteiger partial charge on any atom is 0.243 e. The number of imidazole rings is 1. The Morgan fingerprint density at radius 3 is 2.71 bits per heavy atom. The topological polar surface area (TPSA) is 96.7 Å². The van der Waals surface area contributed by atoms with Gasteiger partial charge in [-0.1, -0.05) is 25.6 Å². The zero-order valence-electron chi connectivity index (χ0n) is 16.3. The number of rotatable bonds is 7. The Hall–Kier alpha value is -1.91. The first-order valence-electron chi connectivity index (χ1n) is 9.29. The molecule has 0 unspecified atom stereocenters. The van der Waals surface area contributed by atoms with Crippen LogP contribution < -0.4 is 5.32 Å². The second-order valence-corrected chi connectivity index (χ2v) is 9.43. The lowest BCUT2D eigenvalue weighted by molar-refractivity contribution is -0.119. The summed E-state index contributed by atoms with van der Waals surface area (Å²) in [4.78, 5) is 21.1. The lowest BCUT2D eigenvalue weighted by Crippen LogP contribution is -2.30. The number of hydrogen-bond acceptors (Lipinski definition) is 6. The van der Waals surface area contributed by atoms with Crippen LogP contribution in [0.2, 0.25) is 0 Å². The molecule has 1 aliphatic rings. The van der Waals surface area contributed by atoms with Crippen molar-refractivity contribution in [2.75, 3.05) is 25.4 Å². The predicted octanol–water partition coefficient (Wildman–Crippen LogP) is 1.76. The van der Waals surface area contributed by atoms with Gasteiger partial charge in [-0.2, -0.15) is 4.31 Å². The van der Waals surface area contributed by atoms with Crippen LogP contribution in [0.4, 0.5) is 0 Å². The molecule has 0 saturated carbocycles. The third-order valence-electron chi connectivity index (χ3n) is 4.70. The maximum absolute atomic E-state index is 12.7. The molecule has 0 aliphatic carbocycles. The second kappa shape index (κ2) is 8.62. The van der Waals surface area contributed by atoms with E-state index in [1.807, 2.05) is 25.5 Å². The minimum Gasteiger partial charge on any atom is -0.331 e. The number of carbonyl (C=O) groups is 1. The number of amides is 1. The van der Waals surface area contributed by atoms with E-state index in [-0.39, 0.29) is 10.8 Å². The number of aryl methyl sites for hydroxylation is 2. The molecule has 152 valence electrons. The van der Waals surface area contributed by atoms with Gasteiger partial charge >= 0.3 is 0 Å². The number of aliphatic imine (C=N–C) groups is 1. The number of amidine groups is 1. The molecule has 1 aromatic carbocycles. The molecule has 1 aromatic heterocycles. The van der Waals surface area contributed by atoms with Crippen molar-refractivity contribution in [2.45, 2.75) is 31.6 Å². The quantitative estimate of drug-likeness (QED) is 0.732. The van der Waals surface area contributed by atoms with Crippen molar-refractivity contribution in [3.63, 3.8) is 0 Å². The number of benzene rings is 1. The lowest BCUT2D eigenvalue weighted by Gasteiger charge is -2.18. The van der Waals surface area contributed by atoms with E-state index in [1.165, 1.54) is 4.31 Å². The minimum atomic E-state index is -3.53. The van der Waals surface area contributed by atoms with Crippen LogP contribution >= 0.6 is 11.8 Å². The number of sulfonamides is 1. The Balaban J connectivity index is 1.78. The standard InChI is InChI=1S/C18H25N5O3S2/c1-4-23(5-2)28(25,26)13-6-7-15-14(12-13)20-16(22(15)3)8-9-17(24)21-18-19-10-11-27-18/h6-7,12H,4-5,8-11H2,1-3H3,(H,19,21,24). The van der Waals surface area contributed by atoms with Gasteiger partial charge < -0.3 is 9.88 Å². The fraction of sp³-hybridized carbons (Fsp3) is 0.500. The van der Waals surface area contributed by atoms with Crippen LogP contribution in [0.3, 0.4) is 0 Å². The van der Waals surface area contributed by atoms with Crippen molar-refractivity contribution in [3.05, 3.63) is 24.0 Å². The summed E-state index contributed by atoms with van der Waals surface area (Å²) >= 11 is 1.55. The molecule has 1 amide bonds. The average molecular weight is 424 g/mol. The van der Waals surface area contributed by atoms with Crippen LogP contribution in [0.5, 0.6) is 0 Å². The van der Waals surface area contributed by atoms with E-state index in [4.69, 9.17) is 0 Å². The van der Waals surface area contributed by atoms with E-state index >= 15 is 0 Å². The molecule has 1 aliphatic heterocycles. The molecule has 1 N–H and O–H groups in total. The van der Waals surface area contributed by atoms with Crippen LogP contribution in [0.25, 0.3) is 11.0 Å². The second-order valence-electron chi connectivity index (χ2n) is 6.41. The molecule has 0 spiro atoms. The van der Waals surface area contributed by atoms with Gasteiger partial charge in [0.15, 0.2) is 5.17 Å². The summed E-state index contributed by atoms with van der Waals surface area (Å²) in [7, 11) is -1.66. The van der Waals surface area contributed by atoms with Gasteiger partial charge in [0.2, 0.25) is 15.9 Å². The van der Waals surface area contributed by atoms with E-state index in [0.29, 0.717) is 36.6 Å². The lowest BCUT2D eigenvalue weighted by atomic mass is 10.3. The van der Waals surface area contributed by atoms with E-state index in [2.05, 4.69) is 15.3 Å². The van der Waals surface area contributed by atoms with E-state index in [0.717, 1.165) is 23.6 Å². The van der Waals surface area contributed by atoms with Crippen LogP contribution in [-0.2, 0) is 28.3 Å². The fourth-order valence-corrected chi connectivity index (χ4v) is 5.37. The first-order valence-corrected chi connectivity index (χ1v) is 11.7. The van der Waals surface area contributed by atoms with Gasteiger partial charge in [-0.25, -0.2) is 13.4 Å². The van der Waals surface area contributed by atoms with Crippen molar-refractivity contribution in [1.29, 1.82) is 0 Å². The van der Waals surface area contributed by atoms with Crippen LogP contribution in [0.1, 0.15) is 26.1 Å². The molecule has 28 heavy (non-hydrogen) atoms. The third-order valence-corrected chi connectivity index (χ3v) is 7.63. The number of hydrogen-bond donors (Lipinski definition) is 1. The zero-order valence-corrected chi connectivity index (χ0v) is 17.9. The maximum atomic E-state index is 12.7. The summed E-state index contributed by atoms with van der Waals surface area (Å²) in [5.74, 6) is 1.55. The highest BCUT2D eigenvalue weighted by atomic mass is 32.2. The van der Waals surface area contributed by atoms with Crippen molar-refractivity contribution in [3.8, 4) is 0 Å². The Kier molecular flexibility index (Phi) is 6.41. The Morgan fingerprint density at radius 1 is 1.32 bits per heavy atom. The van der Waals surface area contributed by atoms with Gasteiger partial charge in [0, 0.05) is 38.7 Å². The van der Waals surface area contributed by atoms with Gasteiger partial charge in [0.05, 0.1) is 22.5 Å². The van der Waals surface area contributed by atoms with Crippen molar-refractivity contribution < 1.29 is 13.2 Å². The zero-order chi connectivity index (χ0) is 20.3. The highest BCUT2D eigenvalue weighted by Crippen LogP contribution is 2.22. The summed E-state index contributed by atoms with van der Waals surface area (Å²) in [6.45, 7) is 5.22. The van der Waals surface area contributed by atoms with Crippen LogP contribution in [-0.4, -0.2) is 58.7 Å². The number of aromatic nitrogens is 2. The highest BCUT2D eigenvalue weighted by molar-refractivity contribution is 8.14. The smallest absolute Gasteiger partial charge is 0.243 e. The summed E-state index contributed by atoms with van der Waals surface area (Å²) < 4.78 is 28.8. The number of fused-ring (bicyclic) bond motifs is 1. The molecular formula is C18H25N5O3S2. The molecule has 0 saturated heterocycles. The molecular weight excluding hydrogens is 398 g/mol. The summed E-state index contributed by atoms with van der Waals surface area (Å²) in [5, 5.41) is 3.49. The van der Waals surface area contributed by atoms with Crippen LogP contribution in [0.15, 0.2) is 28.1 Å². The molecule has 10 heteroatoms. The van der Waals surface area contributed by atoms with E-state index in [9.17, 15) is 13.2 Å². The van der Waals surface area contributed by atoms with Gasteiger partial charge in [0.1, 0.15) is 5.82 Å². The van der Waals surface area contributed by atoms with Gasteiger partial charge in [-0.3, -0.25) is 9.79 Å². The van der Waals surface area contributed by atoms with Crippen molar-refractivity contribution in [2.24, 2.45) is 12.0 Å². The number of carbonyl (C=O) groups excluding carboxylic acids is 1. The summed E-state index contributed by atoms with van der Waals surface area (Å²) in [6, 6.07) is 4.99. The van der Waals surface area contributed by atoms with Crippen LogP contribution in [0, 0.1) is 0 Å².